The molecule has 2 N–H and O–H groups in total. The van der Waals surface area contributed by atoms with E-state index < -0.39 is 23.7 Å². The second-order valence-electron chi connectivity index (χ2n) is 6.09. The van der Waals surface area contributed by atoms with Gasteiger partial charge in [0.05, 0.1) is 5.92 Å². The normalized spacial score (nSPS) is 32.6. The van der Waals surface area contributed by atoms with E-state index >= 15 is 0 Å². The monoisotopic (exact) mass is 303 g/mol. The van der Waals surface area contributed by atoms with E-state index in [9.17, 15) is 17.6 Å². The lowest BCUT2D eigenvalue weighted by Crippen LogP contribution is -2.47. The second kappa shape index (κ2) is 4.87. The molecule has 3 rings (SSSR count). The predicted octanol–water partition coefficient (Wildman–Crippen LogP) is 4.10. The summed E-state index contributed by atoms with van der Waals surface area (Å²) >= 11 is 0. The Balaban J connectivity index is 1.79. The van der Waals surface area contributed by atoms with Crippen LogP contribution in [0.3, 0.4) is 0 Å². The third-order valence-corrected chi connectivity index (χ3v) is 4.65. The van der Waals surface area contributed by atoms with Crippen LogP contribution in [0.4, 0.5) is 17.6 Å². The van der Waals surface area contributed by atoms with Crippen LogP contribution >= 0.6 is 0 Å². The molecule has 0 aromatic heterocycles. The predicted molar refractivity (Wildman–Crippen MR) is 69.3 cm³/mol. The van der Waals surface area contributed by atoms with E-state index in [4.69, 9.17) is 10.5 Å². The molecule has 2 nitrogen and oxygen atoms in total. The Morgan fingerprint density at radius 3 is 2.48 bits per heavy atom. The third kappa shape index (κ3) is 2.73. The molecule has 0 amide bonds. The molecule has 1 fully saturated rings. The summed E-state index contributed by atoms with van der Waals surface area (Å²) in [4.78, 5) is 0. The van der Waals surface area contributed by atoms with Gasteiger partial charge in [-0.3, -0.25) is 0 Å². The lowest BCUT2D eigenvalue weighted by Gasteiger charge is -2.45. The molecule has 1 spiro atoms. The summed E-state index contributed by atoms with van der Waals surface area (Å²) in [5, 5.41) is 0. The van der Waals surface area contributed by atoms with Gasteiger partial charge in [0, 0.05) is 18.0 Å². The first-order valence-corrected chi connectivity index (χ1v) is 7.10. The number of ether oxygens (including phenoxy) is 1. The quantitative estimate of drug-likeness (QED) is 0.732. The van der Waals surface area contributed by atoms with Gasteiger partial charge in [-0.15, -0.1) is 0 Å². The van der Waals surface area contributed by atoms with Crippen LogP contribution in [0.15, 0.2) is 18.2 Å². The highest BCUT2D eigenvalue weighted by Gasteiger charge is 2.49. The van der Waals surface area contributed by atoms with E-state index in [1.807, 2.05) is 0 Å². The van der Waals surface area contributed by atoms with Gasteiger partial charge in [0.15, 0.2) is 0 Å². The fourth-order valence-corrected chi connectivity index (χ4v) is 3.47. The third-order valence-electron chi connectivity index (χ3n) is 4.65. The lowest BCUT2D eigenvalue weighted by atomic mass is 9.73. The number of halogens is 4. The topological polar surface area (TPSA) is 35.2 Å². The van der Waals surface area contributed by atoms with Gasteiger partial charge in [-0.1, -0.05) is 0 Å². The minimum atomic E-state index is -4.14. The van der Waals surface area contributed by atoms with Crippen LogP contribution < -0.4 is 10.5 Å². The molecule has 0 bridgehead atoms. The van der Waals surface area contributed by atoms with E-state index in [1.165, 1.54) is 18.2 Å². The number of benzene rings is 1. The fourth-order valence-electron chi connectivity index (χ4n) is 3.47. The molecule has 1 heterocycles. The number of hydrogen-bond donors (Lipinski definition) is 1. The van der Waals surface area contributed by atoms with Crippen molar-refractivity contribution in [3.8, 4) is 5.75 Å². The van der Waals surface area contributed by atoms with Gasteiger partial charge in [0.1, 0.15) is 17.2 Å². The van der Waals surface area contributed by atoms with Crippen LogP contribution in [0.5, 0.6) is 5.75 Å². The Morgan fingerprint density at radius 1 is 1.19 bits per heavy atom. The number of hydrogen-bond acceptors (Lipinski definition) is 2. The Kier molecular flexibility index (Phi) is 3.39. The average molecular weight is 303 g/mol. The molecule has 1 aliphatic carbocycles. The molecule has 0 radical (unpaired) electrons. The number of nitrogens with two attached hydrogens (primary N) is 1. The van der Waals surface area contributed by atoms with E-state index in [1.54, 1.807) is 0 Å². The molecule has 1 saturated carbocycles. The van der Waals surface area contributed by atoms with Crippen molar-refractivity contribution in [3.05, 3.63) is 29.6 Å². The zero-order chi connectivity index (χ0) is 15.3. The molecule has 6 heteroatoms. The summed E-state index contributed by atoms with van der Waals surface area (Å²) in [6.07, 6.45) is -2.91. The van der Waals surface area contributed by atoms with Gasteiger partial charge in [0.25, 0.3) is 0 Å². The summed E-state index contributed by atoms with van der Waals surface area (Å²) < 4.78 is 57.4. The summed E-state index contributed by atoms with van der Waals surface area (Å²) in [7, 11) is 0. The molecule has 1 aromatic rings. The summed E-state index contributed by atoms with van der Waals surface area (Å²) in [5.41, 5.74) is 6.04. The Hall–Kier alpha value is -1.30. The molecular weight excluding hydrogens is 286 g/mol. The summed E-state index contributed by atoms with van der Waals surface area (Å²) in [6, 6.07) is 3.74. The summed E-state index contributed by atoms with van der Waals surface area (Å²) in [5.74, 6) is -1.14. The van der Waals surface area contributed by atoms with Crippen molar-refractivity contribution in [2.75, 3.05) is 0 Å². The minimum Gasteiger partial charge on any atom is -0.487 e. The van der Waals surface area contributed by atoms with E-state index in [2.05, 4.69) is 0 Å². The number of alkyl halides is 3. The van der Waals surface area contributed by atoms with Crippen LogP contribution in [-0.2, 0) is 0 Å². The van der Waals surface area contributed by atoms with Crippen molar-refractivity contribution < 1.29 is 22.3 Å². The molecule has 1 aliphatic heterocycles. The van der Waals surface area contributed by atoms with Crippen molar-refractivity contribution in [2.45, 2.75) is 49.9 Å². The van der Waals surface area contributed by atoms with Crippen molar-refractivity contribution in [3.63, 3.8) is 0 Å². The first kappa shape index (κ1) is 14.6. The maximum Gasteiger partial charge on any atom is 0.391 e. The van der Waals surface area contributed by atoms with Crippen LogP contribution in [0, 0.1) is 11.7 Å². The first-order chi connectivity index (χ1) is 9.79. The van der Waals surface area contributed by atoms with Crippen LogP contribution in [0.1, 0.15) is 43.7 Å². The number of rotatable bonds is 0. The maximum absolute atomic E-state index is 13.2. The van der Waals surface area contributed by atoms with Gasteiger partial charge < -0.3 is 10.5 Å². The van der Waals surface area contributed by atoms with Gasteiger partial charge in [-0.25, -0.2) is 4.39 Å². The summed E-state index contributed by atoms with van der Waals surface area (Å²) in [6.45, 7) is 0. The van der Waals surface area contributed by atoms with Crippen LogP contribution in [0.2, 0.25) is 0 Å². The standard InChI is InChI=1S/C15H17F4NO/c16-10-1-2-13-11(7-10)12(20)8-14(21-13)5-3-9(4-6-14)15(17,18)19/h1-2,7,9,12H,3-6,8,20H2. The molecule has 1 aromatic carbocycles. The smallest absolute Gasteiger partial charge is 0.391 e. The zero-order valence-corrected chi connectivity index (χ0v) is 11.4. The molecule has 116 valence electrons. The van der Waals surface area contributed by atoms with Gasteiger partial charge >= 0.3 is 6.18 Å². The molecule has 21 heavy (non-hydrogen) atoms. The molecule has 1 unspecified atom stereocenters. The van der Waals surface area contributed by atoms with E-state index in [0.717, 1.165) is 0 Å². The molecule has 2 aliphatic rings. The van der Waals surface area contributed by atoms with Crippen molar-refractivity contribution in [1.82, 2.24) is 0 Å². The maximum atomic E-state index is 13.2. The Bertz CT molecular complexity index is 535. The minimum absolute atomic E-state index is 0.0623. The molecular formula is C15H17F4NO. The Labute approximate surface area is 120 Å². The SMILES string of the molecule is NC1CC2(CCC(C(F)(F)F)CC2)Oc2ccc(F)cc21. The van der Waals surface area contributed by atoms with Crippen molar-refractivity contribution in [1.29, 1.82) is 0 Å². The van der Waals surface area contributed by atoms with Crippen LogP contribution in [0.25, 0.3) is 0 Å². The van der Waals surface area contributed by atoms with Crippen molar-refractivity contribution >= 4 is 0 Å². The van der Waals surface area contributed by atoms with E-state index in [0.29, 0.717) is 30.6 Å². The highest BCUT2D eigenvalue weighted by atomic mass is 19.4. The Morgan fingerprint density at radius 2 is 1.86 bits per heavy atom. The second-order valence-corrected chi connectivity index (χ2v) is 6.09. The number of fused-ring (bicyclic) bond motifs is 1. The highest BCUT2D eigenvalue weighted by Crippen LogP contribution is 2.49. The average Bonchev–Trinajstić information content (AvgIpc) is 2.39. The van der Waals surface area contributed by atoms with E-state index in [-0.39, 0.29) is 18.7 Å². The fraction of sp³-hybridized carbons (Fsp3) is 0.600. The van der Waals surface area contributed by atoms with Gasteiger partial charge in [0.2, 0.25) is 0 Å². The lowest BCUT2D eigenvalue weighted by molar-refractivity contribution is -0.191. The molecule has 0 saturated heterocycles. The molecule has 1 atom stereocenters. The van der Waals surface area contributed by atoms with Crippen molar-refractivity contribution in [2.24, 2.45) is 11.7 Å². The van der Waals surface area contributed by atoms with Gasteiger partial charge in [-0.05, 0) is 43.9 Å². The highest BCUT2D eigenvalue weighted by molar-refractivity contribution is 5.39. The van der Waals surface area contributed by atoms with Gasteiger partial charge in [-0.2, -0.15) is 13.2 Å². The largest absolute Gasteiger partial charge is 0.487 e. The zero-order valence-electron chi connectivity index (χ0n) is 11.4. The first-order valence-electron chi connectivity index (χ1n) is 7.10. The van der Waals surface area contributed by atoms with Crippen LogP contribution in [-0.4, -0.2) is 11.8 Å².